The molecule has 1 heterocycles. The molecule has 0 aliphatic carbocycles. The van der Waals surface area contributed by atoms with Gasteiger partial charge < -0.3 is 16.2 Å². The fraction of sp³-hybridized carbons (Fsp3) is 0.0833. The summed E-state index contributed by atoms with van der Waals surface area (Å²) >= 11 is 0. The van der Waals surface area contributed by atoms with E-state index in [0.29, 0.717) is 6.07 Å². The number of nitrogens with zero attached hydrogens (tertiary/aromatic N) is 3. The van der Waals surface area contributed by atoms with Crippen LogP contribution in [0.25, 0.3) is 11.3 Å². The van der Waals surface area contributed by atoms with Crippen LogP contribution in [0, 0.1) is 23.0 Å². The minimum atomic E-state index is -0.929. The van der Waals surface area contributed by atoms with Crippen LogP contribution < -0.4 is 16.2 Å². The summed E-state index contributed by atoms with van der Waals surface area (Å²) in [4.78, 5) is 7.44. The molecule has 0 saturated heterocycles. The maximum atomic E-state index is 13.7. The lowest BCUT2D eigenvalue weighted by Crippen LogP contribution is -2.06. The number of hydrogen-bond acceptors (Lipinski definition) is 6. The van der Waals surface area contributed by atoms with Gasteiger partial charge in [-0.2, -0.15) is 10.2 Å². The zero-order chi connectivity index (χ0) is 14.9. The van der Waals surface area contributed by atoms with E-state index >= 15 is 0 Å². The number of nitrogens with two attached hydrogens (primary N) is 2. The van der Waals surface area contributed by atoms with Gasteiger partial charge in [0.25, 0.3) is 0 Å². The van der Waals surface area contributed by atoms with Crippen molar-refractivity contribution in [3.8, 4) is 23.1 Å². The summed E-state index contributed by atoms with van der Waals surface area (Å²) in [6.45, 7) is 0. The average Bonchev–Trinajstić information content (AvgIpc) is 2.37. The van der Waals surface area contributed by atoms with Gasteiger partial charge in [-0.05, 0) is 6.07 Å². The highest BCUT2D eigenvalue weighted by atomic mass is 19.1. The summed E-state index contributed by atoms with van der Waals surface area (Å²) < 4.78 is 31.9. The van der Waals surface area contributed by atoms with Gasteiger partial charge in [0.15, 0.2) is 11.6 Å². The lowest BCUT2D eigenvalue weighted by atomic mass is 10.1. The fourth-order valence-corrected chi connectivity index (χ4v) is 1.74. The van der Waals surface area contributed by atoms with Crippen LogP contribution in [0.5, 0.6) is 5.75 Å². The molecule has 0 aliphatic heterocycles. The Kier molecular flexibility index (Phi) is 3.35. The minimum absolute atomic E-state index is 0.0673. The monoisotopic (exact) mass is 277 g/mol. The molecule has 0 saturated carbocycles. The second-order valence-corrected chi connectivity index (χ2v) is 3.77. The number of methoxy groups -OCH3 is 1. The third-order valence-electron chi connectivity index (χ3n) is 2.53. The van der Waals surface area contributed by atoms with Crippen LogP contribution in [-0.2, 0) is 0 Å². The van der Waals surface area contributed by atoms with Gasteiger partial charge in [-0.1, -0.05) is 0 Å². The van der Waals surface area contributed by atoms with Crippen LogP contribution in [-0.4, -0.2) is 17.1 Å². The van der Waals surface area contributed by atoms with Crippen molar-refractivity contribution in [2.45, 2.75) is 0 Å². The minimum Gasteiger partial charge on any atom is -0.493 e. The van der Waals surface area contributed by atoms with Crippen LogP contribution in [0.1, 0.15) is 5.56 Å². The quantitative estimate of drug-likeness (QED) is 0.859. The number of hydrogen-bond donors (Lipinski definition) is 2. The molecule has 0 atom stereocenters. The number of nitriles is 1. The third kappa shape index (κ3) is 2.16. The number of halogens is 2. The molecule has 1 aromatic heterocycles. The van der Waals surface area contributed by atoms with E-state index in [-0.39, 0.29) is 34.3 Å². The molecule has 0 bridgehead atoms. The lowest BCUT2D eigenvalue weighted by Gasteiger charge is -2.11. The van der Waals surface area contributed by atoms with Gasteiger partial charge in [-0.25, -0.2) is 13.8 Å². The molecule has 0 radical (unpaired) electrons. The molecular weight excluding hydrogens is 268 g/mol. The number of aromatic nitrogens is 2. The molecule has 102 valence electrons. The number of anilines is 2. The Morgan fingerprint density at radius 3 is 2.55 bits per heavy atom. The van der Waals surface area contributed by atoms with Crippen molar-refractivity contribution in [1.29, 1.82) is 5.26 Å². The standard InChI is InChI=1S/C12H9F2N5O/c1-20-10-6(2-5(13)3-8(10)14)9-7(4-15)11(16)19-12(17)18-9/h2-3H,1H3,(H4,16,17,18,19). The van der Waals surface area contributed by atoms with Gasteiger partial charge in [0, 0.05) is 11.6 Å². The molecule has 6 nitrogen and oxygen atoms in total. The molecule has 1 aromatic carbocycles. The summed E-state index contributed by atoms with van der Waals surface area (Å²) in [5.74, 6) is -2.44. The van der Waals surface area contributed by atoms with Crippen molar-refractivity contribution in [2.75, 3.05) is 18.6 Å². The summed E-state index contributed by atoms with van der Waals surface area (Å²) in [5, 5.41) is 9.07. The SMILES string of the molecule is COc1c(F)cc(F)cc1-c1nc(N)nc(N)c1C#N. The van der Waals surface area contributed by atoms with Gasteiger partial charge >= 0.3 is 0 Å². The smallest absolute Gasteiger partial charge is 0.222 e. The van der Waals surface area contributed by atoms with Gasteiger partial charge in [-0.15, -0.1) is 0 Å². The number of rotatable bonds is 2. The molecule has 2 aromatic rings. The van der Waals surface area contributed by atoms with Gasteiger partial charge in [0.2, 0.25) is 5.95 Å². The van der Waals surface area contributed by atoms with Crippen molar-refractivity contribution in [1.82, 2.24) is 9.97 Å². The fourth-order valence-electron chi connectivity index (χ4n) is 1.74. The van der Waals surface area contributed by atoms with E-state index in [0.717, 1.165) is 6.07 Å². The van der Waals surface area contributed by atoms with E-state index in [1.165, 1.54) is 7.11 Å². The topological polar surface area (TPSA) is 111 Å². The molecule has 0 amide bonds. The zero-order valence-corrected chi connectivity index (χ0v) is 10.3. The van der Waals surface area contributed by atoms with Crippen LogP contribution in [0.4, 0.5) is 20.5 Å². The van der Waals surface area contributed by atoms with Crippen LogP contribution in [0.3, 0.4) is 0 Å². The van der Waals surface area contributed by atoms with Gasteiger partial charge in [0.1, 0.15) is 23.3 Å². The Morgan fingerprint density at radius 2 is 1.95 bits per heavy atom. The third-order valence-corrected chi connectivity index (χ3v) is 2.53. The molecule has 20 heavy (non-hydrogen) atoms. The van der Waals surface area contributed by atoms with E-state index < -0.39 is 11.6 Å². The summed E-state index contributed by atoms with van der Waals surface area (Å²) in [7, 11) is 1.21. The summed E-state index contributed by atoms with van der Waals surface area (Å²) in [6, 6.07) is 3.40. The first-order valence-electron chi connectivity index (χ1n) is 5.34. The normalized spacial score (nSPS) is 10.1. The largest absolute Gasteiger partial charge is 0.493 e. The van der Waals surface area contributed by atoms with Gasteiger partial charge in [0.05, 0.1) is 12.8 Å². The number of ether oxygens (including phenoxy) is 1. The lowest BCUT2D eigenvalue weighted by molar-refractivity contribution is 0.385. The first kappa shape index (κ1) is 13.5. The first-order chi connectivity index (χ1) is 9.47. The molecule has 0 unspecified atom stereocenters. The second-order valence-electron chi connectivity index (χ2n) is 3.77. The number of nitrogen functional groups attached to an aromatic ring is 2. The van der Waals surface area contributed by atoms with Crippen molar-refractivity contribution in [2.24, 2.45) is 0 Å². The Bertz CT molecular complexity index is 727. The van der Waals surface area contributed by atoms with E-state index in [9.17, 15) is 8.78 Å². The molecule has 0 spiro atoms. The predicted octanol–water partition coefficient (Wildman–Crippen LogP) is 1.47. The van der Waals surface area contributed by atoms with Crippen molar-refractivity contribution >= 4 is 11.8 Å². The molecular formula is C12H9F2N5O. The first-order valence-corrected chi connectivity index (χ1v) is 5.34. The molecule has 4 N–H and O–H groups in total. The Balaban J connectivity index is 2.85. The predicted molar refractivity (Wildman–Crippen MR) is 67.5 cm³/mol. The second kappa shape index (κ2) is 4.97. The van der Waals surface area contributed by atoms with Crippen molar-refractivity contribution in [3.05, 3.63) is 29.3 Å². The van der Waals surface area contributed by atoms with Crippen LogP contribution in [0.15, 0.2) is 12.1 Å². The van der Waals surface area contributed by atoms with E-state index in [2.05, 4.69) is 9.97 Å². The molecule has 0 aliphatic rings. The molecule has 8 heteroatoms. The Hall–Kier alpha value is -2.95. The van der Waals surface area contributed by atoms with Crippen LogP contribution >= 0.6 is 0 Å². The highest BCUT2D eigenvalue weighted by Gasteiger charge is 2.20. The van der Waals surface area contributed by atoms with Crippen molar-refractivity contribution in [3.63, 3.8) is 0 Å². The Labute approximate surface area is 112 Å². The van der Waals surface area contributed by atoms with E-state index in [1.54, 1.807) is 6.07 Å². The molecule has 0 fully saturated rings. The maximum Gasteiger partial charge on any atom is 0.222 e. The van der Waals surface area contributed by atoms with E-state index in [1.807, 2.05) is 0 Å². The van der Waals surface area contributed by atoms with Crippen molar-refractivity contribution < 1.29 is 13.5 Å². The summed E-state index contributed by atoms with van der Waals surface area (Å²) in [6.07, 6.45) is 0. The van der Waals surface area contributed by atoms with Crippen LogP contribution in [0.2, 0.25) is 0 Å². The number of benzene rings is 1. The Morgan fingerprint density at radius 1 is 1.25 bits per heavy atom. The summed E-state index contributed by atoms with van der Waals surface area (Å²) in [5.41, 5.74) is 10.7. The molecule has 2 rings (SSSR count). The van der Waals surface area contributed by atoms with Gasteiger partial charge in [-0.3, -0.25) is 0 Å². The highest BCUT2D eigenvalue weighted by molar-refractivity contribution is 5.77. The highest BCUT2D eigenvalue weighted by Crippen LogP contribution is 2.35. The zero-order valence-electron chi connectivity index (χ0n) is 10.3. The van der Waals surface area contributed by atoms with E-state index in [4.69, 9.17) is 21.5 Å². The maximum absolute atomic E-state index is 13.7. The average molecular weight is 277 g/mol.